The molecule has 174 valence electrons. The molecule has 0 unspecified atom stereocenters. The third kappa shape index (κ3) is 5.48. The van der Waals surface area contributed by atoms with Gasteiger partial charge in [-0.3, -0.25) is 23.9 Å². The number of aliphatic imine (C=N–C) groups is 1. The molecule has 0 aromatic carbocycles. The second-order valence-corrected chi connectivity index (χ2v) is 10.2. The van der Waals surface area contributed by atoms with E-state index in [1.807, 2.05) is 0 Å². The summed E-state index contributed by atoms with van der Waals surface area (Å²) in [5.41, 5.74) is 7.55. The lowest BCUT2D eigenvalue weighted by Crippen LogP contribution is -2.35. The van der Waals surface area contributed by atoms with E-state index in [9.17, 15) is 18.0 Å². The minimum Gasteiger partial charge on any atom is -0.382 e. The zero-order valence-electron chi connectivity index (χ0n) is 18.4. The Morgan fingerprint density at radius 3 is 2.69 bits per heavy atom. The summed E-state index contributed by atoms with van der Waals surface area (Å²) in [5.74, 6) is 0.516. The molecule has 0 bridgehead atoms. The molecule has 3 rings (SSSR count). The second-order valence-electron chi connectivity index (χ2n) is 8.37. The average Bonchev–Trinajstić information content (AvgIpc) is 2.77. The second kappa shape index (κ2) is 10.2. The van der Waals surface area contributed by atoms with Gasteiger partial charge in [0.05, 0.1) is 18.0 Å². The highest BCUT2D eigenvalue weighted by atomic mass is 32.2. The van der Waals surface area contributed by atoms with Crippen LogP contribution in [0, 0.1) is 12.8 Å². The van der Waals surface area contributed by atoms with Crippen molar-refractivity contribution in [1.29, 1.82) is 0 Å². The highest BCUT2D eigenvalue weighted by Gasteiger charge is 2.24. The molecule has 0 spiro atoms. The molecule has 1 fully saturated rings. The van der Waals surface area contributed by atoms with Crippen LogP contribution in [0.1, 0.15) is 44.2 Å². The number of dihydropyridines is 1. The van der Waals surface area contributed by atoms with Crippen LogP contribution >= 0.6 is 0 Å². The van der Waals surface area contributed by atoms with Gasteiger partial charge in [0.15, 0.2) is 0 Å². The lowest BCUT2D eigenvalue weighted by Gasteiger charge is -2.24. The molecule has 1 amide bonds. The van der Waals surface area contributed by atoms with Crippen molar-refractivity contribution in [2.24, 2.45) is 16.6 Å². The molecule has 0 radical (unpaired) electrons. The van der Waals surface area contributed by atoms with Gasteiger partial charge in [0.25, 0.3) is 5.56 Å². The van der Waals surface area contributed by atoms with Crippen molar-refractivity contribution in [3.63, 3.8) is 0 Å². The number of carbonyl (C=O) groups is 1. The SMILES string of the molecule is C=C1CN=C(N)C(n2c(C)ccc(NS(=O)(=O)CCC3CCCCC3)c2=O)=C1CNC=O. The normalized spacial score (nSPS) is 17.8. The number of amidine groups is 1. The number of nitrogens with two attached hydrogens (primary N) is 1. The molecule has 2 heterocycles. The van der Waals surface area contributed by atoms with E-state index in [2.05, 4.69) is 21.6 Å². The summed E-state index contributed by atoms with van der Waals surface area (Å²) in [6.45, 7) is 6.06. The smallest absolute Gasteiger partial charge is 0.279 e. The standard InChI is InChI=1S/C22H31N5O4S/c1-15-12-25-21(23)20(18(15)13-24-14-28)27-16(2)8-9-19(22(27)29)26-32(30,31)11-10-17-6-4-3-5-7-17/h8-9,14,17,26H,1,3-7,10-13H2,2H3,(H2,23,25)(H,24,28). The summed E-state index contributed by atoms with van der Waals surface area (Å²) >= 11 is 0. The Bertz CT molecular complexity index is 1110. The Kier molecular flexibility index (Phi) is 7.55. The molecule has 1 aromatic rings. The predicted molar refractivity (Wildman–Crippen MR) is 127 cm³/mol. The maximum Gasteiger partial charge on any atom is 0.279 e. The number of rotatable bonds is 9. The van der Waals surface area contributed by atoms with E-state index < -0.39 is 15.6 Å². The molecule has 4 N–H and O–H groups in total. The summed E-state index contributed by atoms with van der Waals surface area (Å²) in [4.78, 5) is 28.4. The van der Waals surface area contributed by atoms with E-state index in [1.54, 1.807) is 13.0 Å². The van der Waals surface area contributed by atoms with Crippen molar-refractivity contribution in [3.05, 3.63) is 45.9 Å². The van der Waals surface area contributed by atoms with E-state index in [4.69, 9.17) is 5.73 Å². The summed E-state index contributed by atoms with van der Waals surface area (Å²) in [7, 11) is -3.69. The molecule has 1 saturated carbocycles. The van der Waals surface area contributed by atoms with Crippen LogP contribution in [-0.2, 0) is 14.8 Å². The number of pyridine rings is 1. The monoisotopic (exact) mass is 461 g/mol. The molecule has 2 aliphatic rings. The largest absolute Gasteiger partial charge is 0.382 e. The van der Waals surface area contributed by atoms with Crippen LogP contribution in [0.4, 0.5) is 5.69 Å². The van der Waals surface area contributed by atoms with Crippen molar-refractivity contribution in [1.82, 2.24) is 9.88 Å². The Balaban J connectivity index is 1.92. The van der Waals surface area contributed by atoms with Crippen molar-refractivity contribution in [3.8, 4) is 0 Å². The number of carbonyl (C=O) groups excluding carboxylic acids is 1. The molecule has 1 aliphatic carbocycles. The molecule has 10 heteroatoms. The number of amides is 1. The first kappa shape index (κ1) is 23.8. The van der Waals surface area contributed by atoms with Gasteiger partial charge < -0.3 is 11.1 Å². The summed E-state index contributed by atoms with van der Waals surface area (Å²) in [5, 5.41) is 2.57. The summed E-state index contributed by atoms with van der Waals surface area (Å²) in [6, 6.07) is 3.10. The molecular weight excluding hydrogens is 430 g/mol. The van der Waals surface area contributed by atoms with Crippen molar-refractivity contribution in [2.45, 2.75) is 45.4 Å². The Morgan fingerprint density at radius 1 is 1.28 bits per heavy atom. The van der Waals surface area contributed by atoms with Crippen LogP contribution in [0.2, 0.25) is 0 Å². The van der Waals surface area contributed by atoms with Crippen molar-refractivity contribution >= 4 is 33.7 Å². The first-order valence-electron chi connectivity index (χ1n) is 10.9. The van der Waals surface area contributed by atoms with Crippen LogP contribution < -0.4 is 21.3 Å². The van der Waals surface area contributed by atoms with Crippen molar-refractivity contribution < 1.29 is 13.2 Å². The van der Waals surface area contributed by atoms with Gasteiger partial charge in [-0.05, 0) is 37.0 Å². The number of aryl methyl sites for hydroxylation is 1. The molecule has 0 saturated heterocycles. The molecular formula is C22H31N5O4S. The van der Waals surface area contributed by atoms with Gasteiger partial charge in [0.2, 0.25) is 16.4 Å². The lowest BCUT2D eigenvalue weighted by molar-refractivity contribution is -0.109. The first-order valence-corrected chi connectivity index (χ1v) is 12.5. The van der Waals surface area contributed by atoms with Crippen LogP contribution in [0.5, 0.6) is 0 Å². The van der Waals surface area contributed by atoms with Gasteiger partial charge in [-0.2, -0.15) is 0 Å². The molecule has 1 aromatic heterocycles. The average molecular weight is 462 g/mol. The fourth-order valence-electron chi connectivity index (χ4n) is 4.28. The number of hydrogen-bond acceptors (Lipinski definition) is 6. The molecule has 0 atom stereocenters. The molecule has 9 nitrogen and oxygen atoms in total. The van der Waals surface area contributed by atoms with E-state index in [1.165, 1.54) is 17.1 Å². The van der Waals surface area contributed by atoms with Crippen LogP contribution in [0.25, 0.3) is 5.70 Å². The topological polar surface area (TPSA) is 136 Å². The van der Waals surface area contributed by atoms with Crippen LogP contribution in [0.15, 0.2) is 39.6 Å². The number of nitrogens with zero attached hydrogens (tertiary/aromatic N) is 2. The quantitative estimate of drug-likeness (QED) is 0.482. The highest BCUT2D eigenvalue weighted by molar-refractivity contribution is 7.92. The van der Waals surface area contributed by atoms with Crippen molar-refractivity contribution in [2.75, 3.05) is 23.6 Å². The fourth-order valence-corrected chi connectivity index (χ4v) is 5.51. The molecule has 32 heavy (non-hydrogen) atoms. The van der Waals surface area contributed by atoms with Gasteiger partial charge in [-0.15, -0.1) is 0 Å². The zero-order chi connectivity index (χ0) is 23.3. The number of aromatic nitrogens is 1. The minimum atomic E-state index is -3.69. The maximum absolute atomic E-state index is 13.3. The Hall–Kier alpha value is -2.88. The number of anilines is 1. The van der Waals surface area contributed by atoms with E-state index in [-0.39, 0.29) is 30.4 Å². The van der Waals surface area contributed by atoms with Crippen LogP contribution in [-0.4, -0.2) is 44.1 Å². The predicted octanol–water partition coefficient (Wildman–Crippen LogP) is 1.75. The summed E-state index contributed by atoms with van der Waals surface area (Å²) in [6.07, 6.45) is 6.75. The van der Waals surface area contributed by atoms with E-state index in [0.29, 0.717) is 41.3 Å². The van der Waals surface area contributed by atoms with Gasteiger partial charge in [0.1, 0.15) is 11.5 Å². The first-order chi connectivity index (χ1) is 15.2. The number of sulfonamides is 1. The van der Waals surface area contributed by atoms with Gasteiger partial charge in [0, 0.05) is 17.8 Å². The number of hydrogen-bond donors (Lipinski definition) is 3. The van der Waals surface area contributed by atoms with E-state index in [0.717, 1.165) is 25.7 Å². The fraction of sp³-hybridized carbons (Fsp3) is 0.500. The zero-order valence-corrected chi connectivity index (χ0v) is 19.2. The maximum atomic E-state index is 13.3. The highest BCUT2D eigenvalue weighted by Crippen LogP contribution is 2.27. The minimum absolute atomic E-state index is 0.0252. The Morgan fingerprint density at radius 2 is 2.00 bits per heavy atom. The summed E-state index contributed by atoms with van der Waals surface area (Å²) < 4.78 is 29.2. The molecule has 1 aliphatic heterocycles. The Labute approximate surface area is 188 Å². The third-order valence-corrected chi connectivity index (χ3v) is 7.35. The van der Waals surface area contributed by atoms with Gasteiger partial charge >= 0.3 is 0 Å². The van der Waals surface area contributed by atoms with Crippen LogP contribution in [0.3, 0.4) is 0 Å². The number of nitrogens with one attached hydrogen (secondary N) is 2. The third-order valence-electron chi connectivity index (χ3n) is 6.04. The van der Waals surface area contributed by atoms with Gasteiger partial charge in [-0.1, -0.05) is 38.7 Å². The van der Waals surface area contributed by atoms with Gasteiger partial charge in [-0.25, -0.2) is 8.42 Å². The lowest BCUT2D eigenvalue weighted by atomic mass is 9.88. The van der Waals surface area contributed by atoms with E-state index >= 15 is 0 Å².